The van der Waals surface area contributed by atoms with Crippen LogP contribution in [-0.4, -0.2) is 61.2 Å². The minimum Gasteiger partial charge on any atom is -0.493 e. The van der Waals surface area contributed by atoms with Crippen molar-refractivity contribution in [1.29, 1.82) is 0 Å². The molecule has 2 aromatic rings. The predicted molar refractivity (Wildman–Crippen MR) is 117 cm³/mol. The highest BCUT2D eigenvalue weighted by Gasteiger charge is 2.23. The number of methoxy groups -OCH3 is 2. The van der Waals surface area contributed by atoms with Crippen LogP contribution in [0.1, 0.15) is 32.1 Å². The van der Waals surface area contributed by atoms with Gasteiger partial charge in [-0.25, -0.2) is 4.98 Å². The standard InChI is InChI=1S/C22H29N5O3/c1-29-18-13-16-17(14-19(18)30-2)24-22(25-21(16)23)27-10-8-26(9-11-27)20(28)12-15-6-4-3-5-7-15/h12-14H,3-11H2,1-2H3,(H2,23,24,25). The number of carbonyl (C=O) groups excluding carboxylic acids is 1. The van der Waals surface area contributed by atoms with E-state index in [2.05, 4.69) is 9.88 Å². The number of anilines is 2. The van der Waals surface area contributed by atoms with Crippen molar-refractivity contribution in [2.45, 2.75) is 32.1 Å². The largest absolute Gasteiger partial charge is 0.493 e. The third kappa shape index (κ3) is 4.13. The Hall–Kier alpha value is -3.03. The molecule has 2 fully saturated rings. The second-order valence-corrected chi connectivity index (χ2v) is 7.81. The number of piperazine rings is 1. The topological polar surface area (TPSA) is 93.8 Å². The van der Waals surface area contributed by atoms with Crippen LogP contribution < -0.4 is 20.1 Å². The first kappa shape index (κ1) is 20.3. The van der Waals surface area contributed by atoms with Gasteiger partial charge in [0.25, 0.3) is 0 Å². The van der Waals surface area contributed by atoms with E-state index in [1.165, 1.54) is 24.8 Å². The Morgan fingerprint density at radius 2 is 1.67 bits per heavy atom. The third-order valence-corrected chi connectivity index (χ3v) is 5.92. The fourth-order valence-corrected chi connectivity index (χ4v) is 4.15. The first-order valence-corrected chi connectivity index (χ1v) is 10.5. The molecule has 4 rings (SSSR count). The summed E-state index contributed by atoms with van der Waals surface area (Å²) in [5, 5.41) is 0.726. The van der Waals surface area contributed by atoms with Gasteiger partial charge in [0.1, 0.15) is 5.82 Å². The number of fused-ring (bicyclic) bond motifs is 1. The van der Waals surface area contributed by atoms with Crippen LogP contribution in [0.3, 0.4) is 0 Å². The zero-order chi connectivity index (χ0) is 21.1. The van der Waals surface area contributed by atoms with Crippen molar-refractivity contribution in [2.75, 3.05) is 51.0 Å². The number of carbonyl (C=O) groups is 1. The van der Waals surface area contributed by atoms with Gasteiger partial charge in [0.2, 0.25) is 11.9 Å². The van der Waals surface area contributed by atoms with Crippen LogP contribution in [0.25, 0.3) is 10.9 Å². The van der Waals surface area contributed by atoms with E-state index in [0.717, 1.165) is 18.2 Å². The molecule has 1 aliphatic heterocycles. The van der Waals surface area contributed by atoms with Crippen molar-refractivity contribution in [3.63, 3.8) is 0 Å². The molecule has 1 aromatic heterocycles. The van der Waals surface area contributed by atoms with Gasteiger partial charge < -0.3 is 25.0 Å². The fraction of sp³-hybridized carbons (Fsp3) is 0.500. The lowest BCUT2D eigenvalue weighted by Gasteiger charge is -2.34. The van der Waals surface area contributed by atoms with Crippen LogP contribution in [-0.2, 0) is 4.79 Å². The quantitative estimate of drug-likeness (QED) is 0.773. The first-order valence-electron chi connectivity index (χ1n) is 10.5. The molecule has 1 saturated heterocycles. The van der Waals surface area contributed by atoms with Gasteiger partial charge in [-0.05, 0) is 31.7 Å². The summed E-state index contributed by atoms with van der Waals surface area (Å²) < 4.78 is 10.7. The van der Waals surface area contributed by atoms with E-state index in [1.54, 1.807) is 20.3 Å². The zero-order valence-electron chi connectivity index (χ0n) is 17.7. The number of aromatic nitrogens is 2. The first-order chi connectivity index (χ1) is 14.6. The molecule has 160 valence electrons. The summed E-state index contributed by atoms with van der Waals surface area (Å²) in [5.41, 5.74) is 8.21. The molecular formula is C22H29N5O3. The molecule has 0 spiro atoms. The van der Waals surface area contributed by atoms with Crippen molar-refractivity contribution in [2.24, 2.45) is 0 Å². The van der Waals surface area contributed by atoms with Crippen LogP contribution in [0.4, 0.5) is 11.8 Å². The average Bonchev–Trinajstić information content (AvgIpc) is 2.79. The second kappa shape index (κ2) is 8.77. The minimum absolute atomic E-state index is 0.127. The molecule has 2 heterocycles. The highest BCUT2D eigenvalue weighted by Crippen LogP contribution is 2.34. The van der Waals surface area contributed by atoms with Crippen molar-refractivity contribution >= 4 is 28.6 Å². The highest BCUT2D eigenvalue weighted by molar-refractivity contribution is 5.92. The van der Waals surface area contributed by atoms with Crippen molar-refractivity contribution < 1.29 is 14.3 Å². The van der Waals surface area contributed by atoms with Gasteiger partial charge >= 0.3 is 0 Å². The van der Waals surface area contributed by atoms with Crippen LogP contribution in [0.2, 0.25) is 0 Å². The second-order valence-electron chi connectivity index (χ2n) is 7.81. The van der Waals surface area contributed by atoms with E-state index in [9.17, 15) is 4.79 Å². The predicted octanol–water partition coefficient (Wildman–Crippen LogP) is 2.77. The number of nitrogens with zero attached hydrogens (tertiary/aromatic N) is 4. The monoisotopic (exact) mass is 411 g/mol. The van der Waals surface area contributed by atoms with E-state index in [4.69, 9.17) is 20.2 Å². The summed E-state index contributed by atoms with van der Waals surface area (Å²) in [6.07, 6.45) is 7.65. The summed E-state index contributed by atoms with van der Waals surface area (Å²) >= 11 is 0. The molecule has 1 aromatic carbocycles. The zero-order valence-corrected chi connectivity index (χ0v) is 17.7. The van der Waals surface area contributed by atoms with Gasteiger partial charge in [0, 0.05) is 43.7 Å². The average molecular weight is 412 g/mol. The van der Waals surface area contributed by atoms with E-state index in [0.29, 0.717) is 55.0 Å². The highest BCUT2D eigenvalue weighted by atomic mass is 16.5. The number of ether oxygens (including phenoxy) is 2. The third-order valence-electron chi connectivity index (χ3n) is 5.92. The summed E-state index contributed by atoms with van der Waals surface area (Å²) in [6, 6.07) is 3.61. The molecule has 0 radical (unpaired) electrons. The molecule has 2 N–H and O–H groups in total. The van der Waals surface area contributed by atoms with Gasteiger partial charge in [-0.1, -0.05) is 12.0 Å². The Labute approximate surface area is 176 Å². The molecule has 8 nitrogen and oxygen atoms in total. The van der Waals surface area contributed by atoms with E-state index in [1.807, 2.05) is 17.0 Å². The fourth-order valence-electron chi connectivity index (χ4n) is 4.15. The lowest BCUT2D eigenvalue weighted by Crippen LogP contribution is -2.49. The summed E-state index contributed by atoms with van der Waals surface area (Å²) in [4.78, 5) is 25.8. The smallest absolute Gasteiger partial charge is 0.246 e. The maximum Gasteiger partial charge on any atom is 0.246 e. The van der Waals surface area contributed by atoms with Gasteiger partial charge in [-0.2, -0.15) is 4.98 Å². The van der Waals surface area contributed by atoms with Gasteiger partial charge in [-0.3, -0.25) is 4.79 Å². The molecule has 8 heteroatoms. The molecule has 30 heavy (non-hydrogen) atoms. The number of nitrogen functional groups attached to an aromatic ring is 1. The molecule has 0 atom stereocenters. The van der Waals surface area contributed by atoms with E-state index < -0.39 is 0 Å². The van der Waals surface area contributed by atoms with Crippen LogP contribution in [0.5, 0.6) is 11.5 Å². The summed E-state index contributed by atoms with van der Waals surface area (Å²) in [5.74, 6) is 2.29. The Bertz CT molecular complexity index is 959. The number of rotatable bonds is 4. The van der Waals surface area contributed by atoms with Gasteiger partial charge in [-0.15, -0.1) is 0 Å². The maximum atomic E-state index is 12.6. The number of allylic oxidation sites excluding steroid dienone is 1. The molecular weight excluding hydrogens is 382 g/mol. The molecule has 1 saturated carbocycles. The number of amides is 1. The molecule has 0 bridgehead atoms. The van der Waals surface area contributed by atoms with Crippen LogP contribution in [0.15, 0.2) is 23.8 Å². The molecule has 0 unspecified atom stereocenters. The normalized spacial score (nSPS) is 17.2. The van der Waals surface area contributed by atoms with Crippen molar-refractivity contribution in [3.05, 3.63) is 23.8 Å². The summed E-state index contributed by atoms with van der Waals surface area (Å²) in [6.45, 7) is 2.64. The van der Waals surface area contributed by atoms with Crippen LogP contribution >= 0.6 is 0 Å². The Kier molecular flexibility index (Phi) is 5.92. The Balaban J connectivity index is 1.48. The Morgan fingerprint density at radius 3 is 2.33 bits per heavy atom. The maximum absolute atomic E-state index is 12.6. The van der Waals surface area contributed by atoms with Crippen molar-refractivity contribution in [1.82, 2.24) is 14.9 Å². The molecule has 1 aliphatic carbocycles. The van der Waals surface area contributed by atoms with E-state index in [-0.39, 0.29) is 5.91 Å². The van der Waals surface area contributed by atoms with Crippen molar-refractivity contribution in [3.8, 4) is 11.5 Å². The van der Waals surface area contributed by atoms with Gasteiger partial charge in [0.15, 0.2) is 11.5 Å². The number of nitrogens with two attached hydrogens (primary N) is 1. The number of hydrogen-bond acceptors (Lipinski definition) is 7. The Morgan fingerprint density at radius 1 is 1.00 bits per heavy atom. The van der Waals surface area contributed by atoms with Gasteiger partial charge in [0.05, 0.1) is 19.7 Å². The van der Waals surface area contributed by atoms with Crippen LogP contribution in [0, 0.1) is 0 Å². The summed E-state index contributed by atoms with van der Waals surface area (Å²) in [7, 11) is 3.17. The SMILES string of the molecule is COc1cc2nc(N3CCN(C(=O)C=C4CCCCC4)CC3)nc(N)c2cc1OC. The lowest BCUT2D eigenvalue weighted by atomic mass is 9.94. The minimum atomic E-state index is 0.127. The number of hydrogen-bond donors (Lipinski definition) is 1. The molecule has 1 amide bonds. The lowest BCUT2D eigenvalue weighted by molar-refractivity contribution is -0.126. The molecule has 2 aliphatic rings. The number of benzene rings is 1. The van der Waals surface area contributed by atoms with E-state index >= 15 is 0 Å².